The lowest BCUT2D eigenvalue weighted by Gasteiger charge is -2.39. The first-order valence-corrected chi connectivity index (χ1v) is 6.87. The summed E-state index contributed by atoms with van der Waals surface area (Å²) in [5.74, 6) is 0.895. The molecule has 0 spiro atoms. The summed E-state index contributed by atoms with van der Waals surface area (Å²) >= 11 is 5.17. The normalized spacial score (nSPS) is 18.5. The van der Waals surface area contributed by atoms with E-state index in [2.05, 4.69) is 21.8 Å². The third-order valence-corrected chi connectivity index (χ3v) is 3.76. The van der Waals surface area contributed by atoms with Gasteiger partial charge in [-0.3, -0.25) is 4.90 Å². The molecule has 1 aromatic rings. The van der Waals surface area contributed by atoms with E-state index in [0.29, 0.717) is 11.7 Å². The topological polar surface area (TPSA) is 61.2 Å². The number of hydrogen-bond acceptors (Lipinski definition) is 3. The summed E-state index contributed by atoms with van der Waals surface area (Å²) in [6, 6.07) is 0. The van der Waals surface area contributed by atoms with E-state index >= 15 is 0 Å². The van der Waals surface area contributed by atoms with Gasteiger partial charge in [0.25, 0.3) is 0 Å². The smallest absolute Gasteiger partial charge is 0.167 e. The first-order valence-electron chi connectivity index (χ1n) is 6.47. The van der Waals surface area contributed by atoms with Crippen LogP contribution in [0, 0.1) is 0 Å². The first-order chi connectivity index (χ1) is 8.68. The molecule has 1 aliphatic heterocycles. The van der Waals surface area contributed by atoms with Gasteiger partial charge in [-0.15, -0.1) is 0 Å². The van der Waals surface area contributed by atoms with Gasteiger partial charge in [0.1, 0.15) is 5.82 Å². The van der Waals surface area contributed by atoms with E-state index in [9.17, 15) is 0 Å². The van der Waals surface area contributed by atoms with Gasteiger partial charge in [0.05, 0.1) is 12.7 Å². The number of aromatic nitrogens is 2. The zero-order chi connectivity index (χ0) is 13.0. The predicted octanol–water partition coefficient (Wildman–Crippen LogP) is 1.29. The molecule has 6 heteroatoms. The van der Waals surface area contributed by atoms with Gasteiger partial charge < -0.3 is 15.6 Å². The van der Waals surface area contributed by atoms with E-state index in [1.165, 1.54) is 19.3 Å². The number of hydrogen-bond donors (Lipinski definition) is 2. The molecule has 0 amide bonds. The summed E-state index contributed by atoms with van der Waals surface area (Å²) in [6.45, 7) is 5.05. The van der Waals surface area contributed by atoms with E-state index in [0.717, 1.165) is 18.9 Å². The SMILES string of the molecule is CC(N1CCCCC1)N(Cc1ncc[nH]1)C(N)=S. The zero-order valence-electron chi connectivity index (χ0n) is 10.8. The molecule has 0 bridgehead atoms. The van der Waals surface area contributed by atoms with Crippen molar-refractivity contribution in [3.05, 3.63) is 18.2 Å². The highest BCUT2D eigenvalue weighted by Crippen LogP contribution is 2.16. The molecular formula is C12H21N5S. The number of imidazole rings is 1. The Labute approximate surface area is 113 Å². The Balaban J connectivity index is 2.01. The van der Waals surface area contributed by atoms with Gasteiger partial charge in [-0.25, -0.2) is 4.98 Å². The van der Waals surface area contributed by atoms with Crippen LogP contribution in [0.25, 0.3) is 0 Å². The second-order valence-electron chi connectivity index (χ2n) is 4.73. The van der Waals surface area contributed by atoms with Crippen LogP contribution in [-0.4, -0.2) is 44.1 Å². The summed E-state index contributed by atoms with van der Waals surface area (Å²) in [6.07, 6.45) is 7.64. The summed E-state index contributed by atoms with van der Waals surface area (Å²) in [4.78, 5) is 11.8. The van der Waals surface area contributed by atoms with Crippen molar-refractivity contribution in [2.45, 2.75) is 38.9 Å². The third-order valence-electron chi connectivity index (χ3n) is 3.53. The van der Waals surface area contributed by atoms with Crippen molar-refractivity contribution in [2.75, 3.05) is 13.1 Å². The van der Waals surface area contributed by atoms with Crippen LogP contribution in [0.1, 0.15) is 32.0 Å². The lowest BCUT2D eigenvalue weighted by atomic mass is 10.1. The fraction of sp³-hybridized carbons (Fsp3) is 0.667. The van der Waals surface area contributed by atoms with Gasteiger partial charge >= 0.3 is 0 Å². The molecule has 0 radical (unpaired) electrons. The first kappa shape index (κ1) is 13.3. The fourth-order valence-electron chi connectivity index (χ4n) is 2.43. The number of H-pyrrole nitrogens is 1. The quantitative estimate of drug-likeness (QED) is 0.805. The molecule has 18 heavy (non-hydrogen) atoms. The van der Waals surface area contributed by atoms with E-state index in [4.69, 9.17) is 18.0 Å². The molecule has 1 aromatic heterocycles. The average molecular weight is 267 g/mol. The second kappa shape index (κ2) is 6.15. The molecule has 0 saturated carbocycles. The number of piperidine rings is 1. The van der Waals surface area contributed by atoms with E-state index in [1.807, 2.05) is 11.1 Å². The van der Waals surface area contributed by atoms with Crippen molar-refractivity contribution >= 4 is 17.3 Å². The second-order valence-corrected chi connectivity index (χ2v) is 5.15. The molecule has 1 atom stereocenters. The standard InChI is InChI=1S/C12H21N5S/c1-10(16-7-3-2-4-8-16)17(12(13)18)9-11-14-5-6-15-11/h5-6,10H,2-4,7-9H2,1H3,(H2,13,18)(H,14,15). The molecule has 1 aliphatic rings. The van der Waals surface area contributed by atoms with E-state index < -0.39 is 0 Å². The number of nitrogens with two attached hydrogens (primary N) is 1. The molecule has 3 N–H and O–H groups in total. The highest BCUT2D eigenvalue weighted by atomic mass is 32.1. The maximum atomic E-state index is 5.85. The molecule has 100 valence electrons. The highest BCUT2D eigenvalue weighted by Gasteiger charge is 2.24. The Morgan fingerprint density at radius 2 is 2.28 bits per heavy atom. The van der Waals surface area contributed by atoms with Crippen LogP contribution in [0.3, 0.4) is 0 Å². The molecular weight excluding hydrogens is 246 g/mol. The third kappa shape index (κ3) is 3.20. The molecule has 2 rings (SSSR count). The minimum Gasteiger partial charge on any atom is -0.376 e. The molecule has 1 saturated heterocycles. The number of likely N-dealkylation sites (tertiary alicyclic amines) is 1. The van der Waals surface area contributed by atoms with Crippen molar-refractivity contribution in [3.8, 4) is 0 Å². The Morgan fingerprint density at radius 3 is 2.83 bits per heavy atom. The molecule has 2 heterocycles. The zero-order valence-corrected chi connectivity index (χ0v) is 11.6. The van der Waals surface area contributed by atoms with E-state index in [-0.39, 0.29) is 6.17 Å². The Kier molecular flexibility index (Phi) is 4.54. The highest BCUT2D eigenvalue weighted by molar-refractivity contribution is 7.80. The van der Waals surface area contributed by atoms with Crippen molar-refractivity contribution in [1.82, 2.24) is 19.8 Å². The Hall–Kier alpha value is -1.14. The van der Waals surface area contributed by atoms with Crippen LogP contribution in [0.15, 0.2) is 12.4 Å². The van der Waals surface area contributed by atoms with Crippen molar-refractivity contribution < 1.29 is 0 Å². The molecule has 0 aliphatic carbocycles. The molecule has 5 nitrogen and oxygen atoms in total. The predicted molar refractivity (Wildman–Crippen MR) is 75.8 cm³/mol. The van der Waals surface area contributed by atoms with Crippen LogP contribution in [0.2, 0.25) is 0 Å². The summed E-state index contributed by atoms with van der Waals surface area (Å²) in [5.41, 5.74) is 5.85. The monoisotopic (exact) mass is 267 g/mol. The molecule has 1 unspecified atom stereocenters. The van der Waals surface area contributed by atoms with Crippen LogP contribution in [0.5, 0.6) is 0 Å². The van der Waals surface area contributed by atoms with Gasteiger partial charge in [0, 0.05) is 25.5 Å². The summed E-state index contributed by atoms with van der Waals surface area (Å²) in [7, 11) is 0. The Bertz CT molecular complexity index is 372. The average Bonchev–Trinajstić information content (AvgIpc) is 2.89. The minimum absolute atomic E-state index is 0.230. The van der Waals surface area contributed by atoms with Crippen molar-refractivity contribution in [3.63, 3.8) is 0 Å². The number of thiocarbonyl (C=S) groups is 1. The number of nitrogens with zero attached hydrogens (tertiary/aromatic N) is 3. The van der Waals surface area contributed by atoms with Crippen LogP contribution < -0.4 is 5.73 Å². The number of aromatic amines is 1. The fourth-order valence-corrected chi connectivity index (χ4v) is 2.65. The van der Waals surface area contributed by atoms with Gasteiger partial charge in [-0.2, -0.15) is 0 Å². The van der Waals surface area contributed by atoms with Gasteiger partial charge in [0.2, 0.25) is 0 Å². The van der Waals surface area contributed by atoms with E-state index in [1.54, 1.807) is 6.20 Å². The summed E-state index contributed by atoms with van der Waals surface area (Å²) in [5, 5.41) is 0.435. The largest absolute Gasteiger partial charge is 0.376 e. The van der Waals surface area contributed by atoms with Crippen molar-refractivity contribution in [1.29, 1.82) is 0 Å². The number of rotatable bonds is 4. The van der Waals surface area contributed by atoms with Crippen LogP contribution in [0.4, 0.5) is 0 Å². The molecule has 0 aromatic carbocycles. The van der Waals surface area contributed by atoms with Crippen LogP contribution in [-0.2, 0) is 6.54 Å². The Morgan fingerprint density at radius 1 is 1.56 bits per heavy atom. The van der Waals surface area contributed by atoms with Crippen LogP contribution >= 0.6 is 12.2 Å². The maximum absolute atomic E-state index is 5.85. The van der Waals surface area contributed by atoms with Crippen molar-refractivity contribution in [2.24, 2.45) is 5.73 Å². The van der Waals surface area contributed by atoms with Gasteiger partial charge in [-0.05, 0) is 32.0 Å². The summed E-state index contributed by atoms with van der Waals surface area (Å²) < 4.78 is 0. The lowest BCUT2D eigenvalue weighted by molar-refractivity contribution is 0.0813. The lowest BCUT2D eigenvalue weighted by Crippen LogP contribution is -2.52. The van der Waals surface area contributed by atoms with Gasteiger partial charge in [-0.1, -0.05) is 6.42 Å². The molecule has 1 fully saturated rings. The maximum Gasteiger partial charge on any atom is 0.167 e. The minimum atomic E-state index is 0.230. The number of nitrogens with one attached hydrogen (secondary N) is 1. The van der Waals surface area contributed by atoms with Gasteiger partial charge in [0.15, 0.2) is 5.11 Å².